The van der Waals surface area contributed by atoms with Gasteiger partial charge in [-0.25, -0.2) is 9.59 Å². The normalized spacial score (nSPS) is 11.7. The predicted octanol–water partition coefficient (Wildman–Crippen LogP) is 0.506. The van der Waals surface area contributed by atoms with Gasteiger partial charge in [0.05, 0.1) is 0 Å². The number of ether oxygens (including phenoxy) is 1. The van der Waals surface area contributed by atoms with Crippen molar-refractivity contribution in [3.05, 3.63) is 30.1 Å². The summed E-state index contributed by atoms with van der Waals surface area (Å²) in [5, 5.41) is 10.7. The van der Waals surface area contributed by atoms with Gasteiger partial charge in [0.25, 0.3) is 0 Å². The van der Waals surface area contributed by atoms with Crippen molar-refractivity contribution in [1.29, 1.82) is 0 Å². The first-order valence-electron chi connectivity index (χ1n) is 7.22. The SMILES string of the molecule is CC(C)(C)OC(=O)N[C@@H](CN)C(=O)O.NCCc1ccccn1. The molecule has 1 heterocycles. The molecule has 0 bridgehead atoms. The van der Waals surface area contributed by atoms with Crippen LogP contribution in [0.4, 0.5) is 4.79 Å². The summed E-state index contributed by atoms with van der Waals surface area (Å²) in [7, 11) is 0. The highest BCUT2D eigenvalue weighted by Crippen LogP contribution is 2.06. The van der Waals surface area contributed by atoms with E-state index in [0.717, 1.165) is 12.1 Å². The zero-order valence-electron chi connectivity index (χ0n) is 13.8. The molecule has 1 aromatic heterocycles. The van der Waals surface area contributed by atoms with Crippen molar-refractivity contribution in [2.24, 2.45) is 11.5 Å². The number of aromatic nitrogens is 1. The number of nitrogens with one attached hydrogen (secondary N) is 1. The average Bonchev–Trinajstić information content (AvgIpc) is 2.45. The van der Waals surface area contributed by atoms with E-state index in [1.807, 2.05) is 18.2 Å². The maximum absolute atomic E-state index is 11.1. The van der Waals surface area contributed by atoms with E-state index < -0.39 is 23.7 Å². The molecule has 8 nitrogen and oxygen atoms in total. The predicted molar refractivity (Wildman–Crippen MR) is 86.8 cm³/mol. The molecular formula is C15H26N4O4. The minimum Gasteiger partial charge on any atom is -0.480 e. The lowest BCUT2D eigenvalue weighted by molar-refractivity contribution is -0.139. The number of pyridine rings is 1. The molecule has 0 unspecified atom stereocenters. The number of carboxylic acids is 1. The number of carbonyl (C=O) groups is 2. The lowest BCUT2D eigenvalue weighted by atomic mass is 10.2. The van der Waals surface area contributed by atoms with E-state index in [0.29, 0.717) is 6.54 Å². The third-order valence-electron chi connectivity index (χ3n) is 2.35. The lowest BCUT2D eigenvalue weighted by Crippen LogP contribution is -2.47. The Morgan fingerprint density at radius 3 is 2.39 bits per heavy atom. The summed E-state index contributed by atoms with van der Waals surface area (Å²) in [6.45, 7) is 5.56. The molecule has 0 aliphatic rings. The fourth-order valence-electron chi connectivity index (χ4n) is 1.37. The minimum atomic E-state index is -1.18. The third kappa shape index (κ3) is 11.1. The molecule has 0 saturated heterocycles. The molecule has 0 spiro atoms. The largest absolute Gasteiger partial charge is 0.480 e. The zero-order valence-corrected chi connectivity index (χ0v) is 13.8. The monoisotopic (exact) mass is 326 g/mol. The van der Waals surface area contributed by atoms with Gasteiger partial charge in [0, 0.05) is 24.9 Å². The van der Waals surface area contributed by atoms with E-state index in [1.54, 1.807) is 27.0 Å². The number of carboxylic acid groups (broad SMARTS) is 1. The molecular weight excluding hydrogens is 300 g/mol. The molecule has 0 aliphatic carbocycles. The number of hydrogen-bond acceptors (Lipinski definition) is 6. The molecule has 23 heavy (non-hydrogen) atoms. The van der Waals surface area contributed by atoms with Crippen molar-refractivity contribution < 1.29 is 19.4 Å². The maximum atomic E-state index is 11.1. The van der Waals surface area contributed by atoms with Crippen LogP contribution in [0, 0.1) is 0 Å². The lowest BCUT2D eigenvalue weighted by Gasteiger charge is -2.21. The van der Waals surface area contributed by atoms with Gasteiger partial charge in [-0.1, -0.05) is 6.07 Å². The van der Waals surface area contributed by atoms with E-state index in [2.05, 4.69) is 10.3 Å². The molecule has 1 rings (SSSR count). The Morgan fingerprint density at radius 2 is 2.00 bits per heavy atom. The van der Waals surface area contributed by atoms with Crippen molar-refractivity contribution in [2.75, 3.05) is 13.1 Å². The van der Waals surface area contributed by atoms with Crippen LogP contribution in [0.5, 0.6) is 0 Å². The number of aliphatic carboxylic acids is 1. The summed E-state index contributed by atoms with van der Waals surface area (Å²) in [6, 6.07) is 4.75. The van der Waals surface area contributed by atoms with Crippen molar-refractivity contribution in [3.63, 3.8) is 0 Å². The van der Waals surface area contributed by atoms with E-state index in [9.17, 15) is 9.59 Å². The third-order valence-corrected chi connectivity index (χ3v) is 2.35. The average molecular weight is 326 g/mol. The number of carbonyl (C=O) groups excluding carboxylic acids is 1. The summed E-state index contributed by atoms with van der Waals surface area (Å²) in [5.74, 6) is -1.18. The van der Waals surface area contributed by atoms with Gasteiger partial charge in [0.2, 0.25) is 0 Å². The Hall–Kier alpha value is -2.19. The van der Waals surface area contributed by atoms with Gasteiger partial charge >= 0.3 is 12.1 Å². The molecule has 1 atom stereocenters. The smallest absolute Gasteiger partial charge is 0.408 e. The van der Waals surface area contributed by atoms with Crippen LogP contribution in [0.3, 0.4) is 0 Å². The summed E-state index contributed by atoms with van der Waals surface area (Å²) in [4.78, 5) is 25.7. The van der Waals surface area contributed by atoms with Crippen LogP contribution in [0.2, 0.25) is 0 Å². The number of alkyl carbamates (subject to hydrolysis) is 1. The van der Waals surface area contributed by atoms with Crippen LogP contribution in [0.25, 0.3) is 0 Å². The van der Waals surface area contributed by atoms with Crippen molar-refractivity contribution in [2.45, 2.75) is 38.8 Å². The molecule has 6 N–H and O–H groups in total. The second-order valence-electron chi connectivity index (χ2n) is 5.63. The van der Waals surface area contributed by atoms with Gasteiger partial charge in [0.15, 0.2) is 0 Å². The fourth-order valence-corrected chi connectivity index (χ4v) is 1.37. The number of hydrogen-bond donors (Lipinski definition) is 4. The molecule has 1 aromatic rings. The van der Waals surface area contributed by atoms with Gasteiger partial charge in [0.1, 0.15) is 11.6 Å². The Bertz CT molecular complexity index is 474. The molecule has 130 valence electrons. The second-order valence-corrected chi connectivity index (χ2v) is 5.63. The van der Waals surface area contributed by atoms with Gasteiger partial charge < -0.3 is 26.6 Å². The fraction of sp³-hybridized carbons (Fsp3) is 0.533. The Balaban J connectivity index is 0.000000459. The number of nitrogens with zero attached hydrogens (tertiary/aromatic N) is 1. The number of amides is 1. The quantitative estimate of drug-likeness (QED) is 0.617. The first kappa shape index (κ1) is 20.8. The maximum Gasteiger partial charge on any atom is 0.408 e. The molecule has 8 heteroatoms. The minimum absolute atomic E-state index is 0.172. The van der Waals surface area contributed by atoms with E-state index in [4.69, 9.17) is 21.3 Å². The van der Waals surface area contributed by atoms with Crippen molar-refractivity contribution in [3.8, 4) is 0 Å². The van der Waals surface area contributed by atoms with Crippen LogP contribution in [0.1, 0.15) is 26.5 Å². The van der Waals surface area contributed by atoms with E-state index >= 15 is 0 Å². The van der Waals surface area contributed by atoms with Gasteiger partial charge in [-0.2, -0.15) is 0 Å². The Labute approximate surface area is 136 Å². The van der Waals surface area contributed by atoms with Gasteiger partial charge in [-0.3, -0.25) is 4.98 Å². The Kier molecular flexibility index (Phi) is 9.52. The van der Waals surface area contributed by atoms with Gasteiger partial charge in [-0.15, -0.1) is 0 Å². The molecule has 0 radical (unpaired) electrons. The zero-order chi connectivity index (χ0) is 17.9. The number of rotatable bonds is 5. The van der Waals surface area contributed by atoms with Gasteiger partial charge in [-0.05, 0) is 39.4 Å². The highest BCUT2D eigenvalue weighted by molar-refractivity contribution is 5.80. The molecule has 0 fully saturated rings. The van der Waals surface area contributed by atoms with Crippen LogP contribution >= 0.6 is 0 Å². The second kappa shape index (κ2) is 10.5. The van der Waals surface area contributed by atoms with Crippen molar-refractivity contribution >= 4 is 12.1 Å². The summed E-state index contributed by atoms with van der Waals surface area (Å²) >= 11 is 0. The highest BCUT2D eigenvalue weighted by atomic mass is 16.6. The molecule has 0 saturated carbocycles. The summed E-state index contributed by atoms with van der Waals surface area (Å²) < 4.78 is 4.85. The topological polar surface area (TPSA) is 141 Å². The number of nitrogens with two attached hydrogens (primary N) is 2. The van der Waals surface area contributed by atoms with Crippen LogP contribution in [-0.2, 0) is 16.0 Å². The molecule has 0 aliphatic heterocycles. The highest BCUT2D eigenvalue weighted by Gasteiger charge is 2.22. The van der Waals surface area contributed by atoms with E-state index in [-0.39, 0.29) is 6.54 Å². The summed E-state index contributed by atoms with van der Waals surface area (Å²) in [6.07, 6.45) is 1.88. The molecule has 0 aromatic carbocycles. The Morgan fingerprint density at radius 1 is 1.35 bits per heavy atom. The van der Waals surface area contributed by atoms with E-state index in [1.165, 1.54) is 0 Å². The summed E-state index contributed by atoms with van der Waals surface area (Å²) in [5.41, 5.74) is 10.9. The first-order chi connectivity index (χ1) is 10.7. The standard InChI is InChI=1S/C8H16N2O4.C7H10N2/c1-8(2,3)14-7(13)10-5(4-9)6(11)12;8-5-4-7-3-1-2-6-9-7/h5H,4,9H2,1-3H3,(H,10,13)(H,11,12);1-3,6H,4-5,8H2/t5-;/m0./s1. The van der Waals surface area contributed by atoms with Crippen LogP contribution < -0.4 is 16.8 Å². The van der Waals surface area contributed by atoms with Crippen molar-refractivity contribution in [1.82, 2.24) is 10.3 Å². The first-order valence-corrected chi connectivity index (χ1v) is 7.22. The van der Waals surface area contributed by atoms with Crippen LogP contribution in [-0.4, -0.2) is 46.9 Å². The molecule has 1 amide bonds. The van der Waals surface area contributed by atoms with Crippen LogP contribution in [0.15, 0.2) is 24.4 Å².